The van der Waals surface area contributed by atoms with Crippen LogP contribution in [-0.2, 0) is 11.3 Å². The van der Waals surface area contributed by atoms with Crippen LogP contribution in [0.5, 0.6) is 0 Å². The summed E-state index contributed by atoms with van der Waals surface area (Å²) in [7, 11) is 5.88. The van der Waals surface area contributed by atoms with Gasteiger partial charge < -0.3 is 20.3 Å². The number of benzene rings is 1. The van der Waals surface area contributed by atoms with Gasteiger partial charge in [0.2, 0.25) is 0 Å². The molecule has 1 aliphatic carbocycles. The molecule has 0 bridgehead atoms. The number of aliphatic imine (C=N–C) groups is 1. The molecular weight excluding hydrogens is 350 g/mol. The van der Waals surface area contributed by atoms with Gasteiger partial charge in [0.25, 0.3) is 0 Å². The van der Waals surface area contributed by atoms with Gasteiger partial charge >= 0.3 is 0 Å². The third-order valence-corrected chi connectivity index (χ3v) is 6.31. The maximum Gasteiger partial charge on any atom is 0.191 e. The Hall–Kier alpha value is -2.34. The zero-order valence-electron chi connectivity index (χ0n) is 17.5. The number of nitrogens with zero attached hydrogens (tertiary/aromatic N) is 3. The van der Waals surface area contributed by atoms with Gasteiger partial charge in [-0.1, -0.05) is 32.0 Å². The lowest BCUT2D eigenvalue weighted by Crippen LogP contribution is -2.67. The maximum absolute atomic E-state index is 5.91. The molecule has 2 aliphatic rings. The van der Waals surface area contributed by atoms with Crippen LogP contribution in [0.15, 0.2) is 35.3 Å². The molecule has 0 spiro atoms. The van der Waals surface area contributed by atoms with Crippen LogP contribution in [0.3, 0.4) is 0 Å². The summed E-state index contributed by atoms with van der Waals surface area (Å²) in [5.74, 6) is 2.39. The minimum absolute atomic E-state index is 0.125. The molecule has 1 saturated heterocycles. The molecule has 6 heteroatoms. The van der Waals surface area contributed by atoms with Crippen LogP contribution in [0, 0.1) is 11.3 Å². The second kappa shape index (κ2) is 7.24. The SMILES string of the molecule is CN=C(NCc1cc(N(C)C)nc2ccccc12)NC1C2CCOC2C1(C)C. The number of anilines is 1. The van der Waals surface area contributed by atoms with E-state index in [0.29, 0.717) is 24.6 Å². The van der Waals surface area contributed by atoms with Gasteiger partial charge in [0.05, 0.1) is 11.6 Å². The Morgan fingerprint density at radius 3 is 2.86 bits per heavy atom. The molecule has 1 aromatic carbocycles. The number of fused-ring (bicyclic) bond motifs is 2. The topological polar surface area (TPSA) is 61.8 Å². The number of rotatable bonds is 4. The average molecular weight is 382 g/mol. The number of pyridine rings is 1. The first kappa shape index (κ1) is 19.0. The Balaban J connectivity index is 1.50. The lowest BCUT2D eigenvalue weighted by atomic mass is 9.57. The highest BCUT2D eigenvalue weighted by Gasteiger charge is 2.59. The number of hydrogen-bond donors (Lipinski definition) is 2. The molecule has 1 aliphatic heterocycles. The Labute approximate surface area is 167 Å². The van der Waals surface area contributed by atoms with E-state index in [9.17, 15) is 0 Å². The van der Waals surface area contributed by atoms with Gasteiger partial charge in [-0.3, -0.25) is 4.99 Å². The van der Waals surface area contributed by atoms with Gasteiger partial charge in [0, 0.05) is 57.1 Å². The molecule has 0 amide bonds. The van der Waals surface area contributed by atoms with Gasteiger partial charge in [-0.15, -0.1) is 0 Å². The fourth-order valence-corrected chi connectivity index (χ4v) is 4.75. The lowest BCUT2D eigenvalue weighted by Gasteiger charge is -2.54. The van der Waals surface area contributed by atoms with Gasteiger partial charge in [-0.2, -0.15) is 0 Å². The molecule has 1 aromatic heterocycles. The molecule has 2 fully saturated rings. The predicted molar refractivity (Wildman–Crippen MR) is 115 cm³/mol. The summed E-state index contributed by atoms with van der Waals surface area (Å²) in [6.45, 7) is 6.13. The summed E-state index contributed by atoms with van der Waals surface area (Å²) < 4.78 is 5.91. The van der Waals surface area contributed by atoms with Gasteiger partial charge in [-0.05, 0) is 24.1 Å². The van der Waals surface area contributed by atoms with E-state index in [4.69, 9.17) is 9.72 Å². The van der Waals surface area contributed by atoms with E-state index in [1.165, 1.54) is 10.9 Å². The highest BCUT2D eigenvalue weighted by Crippen LogP contribution is 2.52. The summed E-state index contributed by atoms with van der Waals surface area (Å²) in [6.07, 6.45) is 1.50. The summed E-state index contributed by atoms with van der Waals surface area (Å²) >= 11 is 0. The average Bonchev–Trinajstić information content (AvgIpc) is 3.14. The Bertz CT molecular complexity index is 892. The molecular formula is C22H31N5O. The highest BCUT2D eigenvalue weighted by molar-refractivity contribution is 5.85. The number of hydrogen-bond acceptors (Lipinski definition) is 4. The molecule has 1 saturated carbocycles. The minimum atomic E-state index is 0.125. The van der Waals surface area contributed by atoms with E-state index in [2.05, 4.69) is 53.7 Å². The van der Waals surface area contributed by atoms with Crippen molar-refractivity contribution in [3.63, 3.8) is 0 Å². The molecule has 28 heavy (non-hydrogen) atoms. The predicted octanol–water partition coefficient (Wildman–Crippen LogP) is 2.78. The first-order chi connectivity index (χ1) is 13.4. The van der Waals surface area contributed by atoms with Gasteiger partial charge in [-0.25, -0.2) is 4.98 Å². The van der Waals surface area contributed by atoms with Crippen molar-refractivity contribution in [3.8, 4) is 0 Å². The van der Waals surface area contributed by atoms with Crippen molar-refractivity contribution in [1.82, 2.24) is 15.6 Å². The van der Waals surface area contributed by atoms with E-state index in [0.717, 1.165) is 30.3 Å². The highest BCUT2D eigenvalue weighted by atomic mass is 16.5. The number of aromatic nitrogens is 1. The van der Waals surface area contributed by atoms with Crippen LogP contribution in [0.1, 0.15) is 25.8 Å². The van der Waals surface area contributed by atoms with Crippen LogP contribution >= 0.6 is 0 Å². The summed E-state index contributed by atoms with van der Waals surface area (Å²) in [5, 5.41) is 8.34. The third kappa shape index (κ3) is 3.20. The standard InChI is InChI=1S/C22H31N5O/c1-22(2)19(16-10-11-28-20(16)22)26-21(23-3)24-13-14-12-18(27(4)5)25-17-9-7-6-8-15(14)17/h6-9,12,16,19-20H,10-11,13H2,1-5H3,(H2,23,24,26). The summed E-state index contributed by atoms with van der Waals surface area (Å²) in [5.41, 5.74) is 2.35. The van der Waals surface area contributed by atoms with Crippen molar-refractivity contribution in [2.75, 3.05) is 32.6 Å². The number of ether oxygens (including phenoxy) is 1. The van der Waals surface area contributed by atoms with E-state index >= 15 is 0 Å². The van der Waals surface area contributed by atoms with Crippen molar-refractivity contribution in [1.29, 1.82) is 0 Å². The number of para-hydroxylation sites is 1. The summed E-state index contributed by atoms with van der Waals surface area (Å²) in [6, 6.07) is 10.8. The van der Waals surface area contributed by atoms with Crippen molar-refractivity contribution < 1.29 is 4.74 Å². The van der Waals surface area contributed by atoms with Crippen LogP contribution in [-0.4, -0.2) is 50.8 Å². The Morgan fingerprint density at radius 1 is 1.32 bits per heavy atom. The molecule has 2 aromatic rings. The van der Waals surface area contributed by atoms with E-state index in [1.54, 1.807) is 0 Å². The fraction of sp³-hybridized carbons (Fsp3) is 0.545. The van der Waals surface area contributed by atoms with Gasteiger partial charge in [0.1, 0.15) is 5.82 Å². The zero-order chi connectivity index (χ0) is 19.9. The number of guanidine groups is 1. The zero-order valence-corrected chi connectivity index (χ0v) is 17.5. The molecule has 0 radical (unpaired) electrons. The van der Waals surface area contributed by atoms with E-state index in [1.807, 2.05) is 32.1 Å². The Morgan fingerprint density at radius 2 is 2.11 bits per heavy atom. The summed E-state index contributed by atoms with van der Waals surface area (Å²) in [4.78, 5) is 11.3. The van der Waals surface area contributed by atoms with Crippen molar-refractivity contribution in [2.24, 2.45) is 16.3 Å². The second-order valence-corrected chi connectivity index (χ2v) is 8.66. The van der Waals surface area contributed by atoms with Crippen molar-refractivity contribution in [3.05, 3.63) is 35.9 Å². The molecule has 3 unspecified atom stereocenters. The van der Waals surface area contributed by atoms with Crippen LogP contribution in [0.2, 0.25) is 0 Å². The second-order valence-electron chi connectivity index (χ2n) is 8.66. The lowest BCUT2D eigenvalue weighted by molar-refractivity contribution is -0.106. The monoisotopic (exact) mass is 381 g/mol. The van der Waals surface area contributed by atoms with E-state index < -0.39 is 0 Å². The van der Waals surface area contributed by atoms with Gasteiger partial charge in [0.15, 0.2) is 5.96 Å². The molecule has 4 rings (SSSR count). The van der Waals surface area contributed by atoms with Crippen LogP contribution in [0.4, 0.5) is 5.82 Å². The first-order valence-electron chi connectivity index (χ1n) is 10.1. The maximum atomic E-state index is 5.91. The molecule has 2 heterocycles. The molecule has 2 N–H and O–H groups in total. The molecule has 150 valence electrons. The third-order valence-electron chi connectivity index (χ3n) is 6.31. The van der Waals surface area contributed by atoms with Crippen molar-refractivity contribution in [2.45, 2.75) is 39.0 Å². The van der Waals surface area contributed by atoms with E-state index in [-0.39, 0.29) is 5.41 Å². The van der Waals surface area contributed by atoms with Crippen molar-refractivity contribution >= 4 is 22.7 Å². The number of nitrogens with one attached hydrogen (secondary N) is 2. The normalized spacial score (nSPS) is 25.9. The van der Waals surface area contributed by atoms with Crippen LogP contribution < -0.4 is 15.5 Å². The fourth-order valence-electron chi connectivity index (χ4n) is 4.75. The van der Waals surface area contributed by atoms with Crippen LogP contribution in [0.25, 0.3) is 10.9 Å². The minimum Gasteiger partial charge on any atom is -0.377 e. The molecule has 3 atom stereocenters. The quantitative estimate of drug-likeness (QED) is 0.630. The largest absolute Gasteiger partial charge is 0.377 e. The Kier molecular flexibility index (Phi) is 4.91. The molecule has 6 nitrogen and oxygen atoms in total. The smallest absolute Gasteiger partial charge is 0.191 e. The first-order valence-corrected chi connectivity index (χ1v) is 10.1.